The maximum Gasteiger partial charge on any atom is 0.258 e. The number of fused-ring (bicyclic) bond motifs is 2. The molecule has 1 aliphatic carbocycles. The minimum Gasteiger partial charge on any atom is -0.486 e. The van der Waals surface area contributed by atoms with E-state index < -0.39 is 0 Å². The van der Waals surface area contributed by atoms with Crippen molar-refractivity contribution in [3.63, 3.8) is 0 Å². The van der Waals surface area contributed by atoms with Crippen LogP contribution in [0.1, 0.15) is 23.2 Å². The molecule has 2 heterocycles. The lowest BCUT2D eigenvalue weighted by atomic mass is 10.1. The van der Waals surface area contributed by atoms with Crippen LogP contribution >= 0.6 is 0 Å². The standard InChI is InChI=1S/C17H21NO5/c1-20-13-6-5-12-16(13)22-8-7-18(12)17(19)11-3-2-4-14-15(11)23-10-9-21-14/h2-4,12-13,16H,5-10H2,1H3/t12-,13+,16+/m0/s1. The quantitative estimate of drug-likeness (QED) is 0.826. The number of morpholine rings is 1. The molecule has 0 unspecified atom stereocenters. The van der Waals surface area contributed by atoms with Crippen molar-refractivity contribution in [3.8, 4) is 11.5 Å². The van der Waals surface area contributed by atoms with E-state index in [2.05, 4.69) is 0 Å². The number of methoxy groups -OCH3 is 1. The summed E-state index contributed by atoms with van der Waals surface area (Å²) < 4.78 is 22.6. The van der Waals surface area contributed by atoms with Crippen LogP contribution in [0.2, 0.25) is 0 Å². The second-order valence-corrected chi connectivity index (χ2v) is 6.08. The number of carbonyl (C=O) groups excluding carboxylic acids is 1. The molecular weight excluding hydrogens is 298 g/mol. The highest BCUT2D eigenvalue weighted by molar-refractivity contribution is 5.98. The molecule has 0 N–H and O–H groups in total. The topological polar surface area (TPSA) is 57.2 Å². The van der Waals surface area contributed by atoms with Crippen LogP contribution in [0.15, 0.2) is 18.2 Å². The fraction of sp³-hybridized carbons (Fsp3) is 0.588. The Hall–Kier alpha value is -1.79. The van der Waals surface area contributed by atoms with Gasteiger partial charge in [-0.05, 0) is 25.0 Å². The molecule has 3 aliphatic rings. The first kappa shape index (κ1) is 14.8. The van der Waals surface area contributed by atoms with Crippen molar-refractivity contribution in [1.82, 2.24) is 4.90 Å². The summed E-state index contributed by atoms with van der Waals surface area (Å²) in [6.07, 6.45) is 1.86. The molecule has 1 aromatic carbocycles. The lowest BCUT2D eigenvalue weighted by molar-refractivity contribution is -0.0947. The van der Waals surface area contributed by atoms with E-state index in [4.69, 9.17) is 18.9 Å². The van der Waals surface area contributed by atoms with Crippen LogP contribution in [-0.2, 0) is 9.47 Å². The molecule has 1 saturated carbocycles. The first-order chi connectivity index (χ1) is 11.3. The molecule has 23 heavy (non-hydrogen) atoms. The third kappa shape index (κ3) is 2.46. The third-order valence-corrected chi connectivity index (χ3v) is 4.90. The van der Waals surface area contributed by atoms with Crippen LogP contribution in [0.25, 0.3) is 0 Å². The molecule has 1 amide bonds. The van der Waals surface area contributed by atoms with Gasteiger partial charge in [-0.1, -0.05) is 6.07 Å². The number of nitrogens with zero attached hydrogens (tertiary/aromatic N) is 1. The predicted octanol–water partition coefficient (Wildman–Crippen LogP) is 1.48. The molecule has 1 aromatic rings. The van der Waals surface area contributed by atoms with Gasteiger partial charge in [0.15, 0.2) is 11.5 Å². The number of ether oxygens (including phenoxy) is 4. The largest absolute Gasteiger partial charge is 0.486 e. The second-order valence-electron chi connectivity index (χ2n) is 6.08. The minimum absolute atomic E-state index is 0.0117. The van der Waals surface area contributed by atoms with Crippen molar-refractivity contribution in [2.45, 2.75) is 31.1 Å². The van der Waals surface area contributed by atoms with E-state index >= 15 is 0 Å². The molecule has 1 saturated heterocycles. The molecule has 2 fully saturated rings. The Bertz CT molecular complexity index is 605. The van der Waals surface area contributed by atoms with E-state index in [1.165, 1.54) is 0 Å². The van der Waals surface area contributed by atoms with Crippen molar-refractivity contribution in [2.24, 2.45) is 0 Å². The average molecular weight is 319 g/mol. The first-order valence-electron chi connectivity index (χ1n) is 8.13. The summed E-state index contributed by atoms with van der Waals surface area (Å²) in [7, 11) is 1.70. The van der Waals surface area contributed by atoms with Gasteiger partial charge in [0.2, 0.25) is 0 Å². The Morgan fingerprint density at radius 1 is 1.22 bits per heavy atom. The third-order valence-electron chi connectivity index (χ3n) is 4.90. The van der Waals surface area contributed by atoms with E-state index in [1.54, 1.807) is 7.11 Å². The van der Waals surface area contributed by atoms with Gasteiger partial charge in [-0.25, -0.2) is 0 Å². The van der Waals surface area contributed by atoms with Crippen molar-refractivity contribution >= 4 is 5.91 Å². The summed E-state index contributed by atoms with van der Waals surface area (Å²) in [5, 5.41) is 0. The summed E-state index contributed by atoms with van der Waals surface area (Å²) in [4.78, 5) is 15.0. The zero-order valence-electron chi connectivity index (χ0n) is 13.2. The van der Waals surface area contributed by atoms with E-state index in [1.807, 2.05) is 23.1 Å². The van der Waals surface area contributed by atoms with Crippen molar-refractivity contribution in [1.29, 1.82) is 0 Å². The van der Waals surface area contributed by atoms with Gasteiger partial charge in [0.1, 0.15) is 19.3 Å². The van der Waals surface area contributed by atoms with Gasteiger partial charge in [-0.2, -0.15) is 0 Å². The van der Waals surface area contributed by atoms with E-state index in [-0.39, 0.29) is 24.2 Å². The second kappa shape index (κ2) is 6.02. The maximum atomic E-state index is 13.1. The number of rotatable bonds is 2. The molecule has 3 atom stereocenters. The summed E-state index contributed by atoms with van der Waals surface area (Å²) >= 11 is 0. The summed E-state index contributed by atoms with van der Waals surface area (Å²) in [5.74, 6) is 1.20. The van der Waals surface area contributed by atoms with Gasteiger partial charge in [0, 0.05) is 13.7 Å². The van der Waals surface area contributed by atoms with Crippen LogP contribution < -0.4 is 9.47 Å². The summed E-state index contributed by atoms with van der Waals surface area (Å²) in [6.45, 7) is 2.13. The number of hydrogen-bond donors (Lipinski definition) is 0. The molecule has 4 rings (SSSR count). The zero-order valence-corrected chi connectivity index (χ0v) is 13.2. The van der Waals surface area contributed by atoms with Gasteiger partial charge >= 0.3 is 0 Å². The van der Waals surface area contributed by atoms with Gasteiger partial charge in [0.25, 0.3) is 5.91 Å². The Morgan fingerprint density at radius 3 is 2.96 bits per heavy atom. The van der Waals surface area contributed by atoms with Gasteiger partial charge in [-0.3, -0.25) is 4.79 Å². The van der Waals surface area contributed by atoms with E-state index in [0.717, 1.165) is 12.8 Å². The highest BCUT2D eigenvalue weighted by Crippen LogP contribution is 2.37. The van der Waals surface area contributed by atoms with Crippen molar-refractivity contribution in [3.05, 3.63) is 23.8 Å². The van der Waals surface area contributed by atoms with Crippen LogP contribution in [0.5, 0.6) is 11.5 Å². The number of hydrogen-bond acceptors (Lipinski definition) is 5. The molecule has 6 heteroatoms. The molecule has 0 spiro atoms. The Kier molecular flexibility index (Phi) is 3.87. The maximum absolute atomic E-state index is 13.1. The van der Waals surface area contributed by atoms with Crippen molar-refractivity contribution in [2.75, 3.05) is 33.5 Å². The van der Waals surface area contributed by atoms with Crippen molar-refractivity contribution < 1.29 is 23.7 Å². The fourth-order valence-electron chi connectivity index (χ4n) is 3.82. The lowest BCUT2D eigenvalue weighted by Gasteiger charge is -2.39. The molecule has 0 radical (unpaired) electrons. The highest BCUT2D eigenvalue weighted by Gasteiger charge is 2.45. The van der Waals surface area contributed by atoms with Crippen LogP contribution in [0, 0.1) is 0 Å². The molecule has 2 aliphatic heterocycles. The smallest absolute Gasteiger partial charge is 0.258 e. The first-order valence-corrected chi connectivity index (χ1v) is 8.13. The number of amides is 1. The fourth-order valence-corrected chi connectivity index (χ4v) is 3.82. The molecule has 0 bridgehead atoms. The predicted molar refractivity (Wildman–Crippen MR) is 82.0 cm³/mol. The summed E-state index contributed by atoms with van der Waals surface area (Å²) in [6, 6.07) is 5.56. The average Bonchev–Trinajstić information content (AvgIpc) is 3.04. The number of carbonyl (C=O) groups is 1. The molecular formula is C17H21NO5. The molecule has 124 valence electrons. The lowest BCUT2D eigenvalue weighted by Crippen LogP contribution is -2.53. The Labute approximate surface area is 135 Å². The summed E-state index contributed by atoms with van der Waals surface area (Å²) in [5.41, 5.74) is 0.573. The van der Waals surface area contributed by atoms with E-state index in [9.17, 15) is 4.79 Å². The minimum atomic E-state index is -0.0330. The molecule has 0 aromatic heterocycles. The number of para-hydroxylation sites is 1. The zero-order chi connectivity index (χ0) is 15.8. The van der Waals surface area contributed by atoms with E-state index in [0.29, 0.717) is 43.4 Å². The molecule has 6 nitrogen and oxygen atoms in total. The SMILES string of the molecule is CO[C@@H]1CC[C@H]2[C@H]1OCCN2C(=O)c1cccc2c1OCCO2. The van der Waals surface area contributed by atoms with Gasteiger partial charge in [-0.15, -0.1) is 0 Å². The van der Waals surface area contributed by atoms with Crippen LogP contribution in [-0.4, -0.2) is 62.5 Å². The van der Waals surface area contributed by atoms with Gasteiger partial charge < -0.3 is 23.8 Å². The normalized spacial score (nSPS) is 29.3. The number of benzene rings is 1. The van der Waals surface area contributed by atoms with Crippen LogP contribution in [0.3, 0.4) is 0 Å². The highest BCUT2D eigenvalue weighted by atomic mass is 16.6. The Morgan fingerprint density at radius 2 is 2.09 bits per heavy atom. The monoisotopic (exact) mass is 319 g/mol. The Balaban J connectivity index is 1.62. The van der Waals surface area contributed by atoms with Gasteiger partial charge in [0.05, 0.1) is 24.3 Å². The van der Waals surface area contributed by atoms with Crippen LogP contribution in [0.4, 0.5) is 0 Å².